The number of hydrogen-bond donors (Lipinski definition) is 2. The molecule has 4 N–H and O–H groups in total. The summed E-state index contributed by atoms with van der Waals surface area (Å²) < 4.78 is 0. The molecule has 0 bridgehead atoms. The standard InChI is InChI=1S/C23H25N5O2/c24-23(25)26-16-10-8-15(9-11-16)20-19-18(17-7-4-12-27(17)20)21(29)28(22(19)30)13-14-5-2-1-3-6-14/h1-3,5-6,8-11,17-20H,4,7,12-13H2,(H4,24,25,26). The van der Waals surface area contributed by atoms with Crippen molar-refractivity contribution in [2.45, 2.75) is 31.5 Å². The average molecular weight is 403 g/mol. The van der Waals surface area contributed by atoms with Crippen LogP contribution >= 0.6 is 0 Å². The van der Waals surface area contributed by atoms with E-state index in [4.69, 9.17) is 11.5 Å². The van der Waals surface area contributed by atoms with E-state index < -0.39 is 0 Å². The lowest BCUT2D eigenvalue weighted by atomic mass is 9.85. The first kappa shape index (κ1) is 18.8. The third-order valence-electron chi connectivity index (χ3n) is 6.62. The fraction of sp³-hybridized carbons (Fsp3) is 0.348. The first-order valence-electron chi connectivity index (χ1n) is 10.4. The SMILES string of the molecule is NC(N)=Nc1ccc(C2C3C(=O)N(Cc4ccccc4)C(=O)C3C3CCCN32)cc1. The number of likely N-dealkylation sites (tertiary alicyclic amines) is 1. The van der Waals surface area contributed by atoms with Crippen LogP contribution in [0.25, 0.3) is 0 Å². The molecule has 0 radical (unpaired) electrons. The van der Waals surface area contributed by atoms with Crippen molar-refractivity contribution >= 4 is 23.5 Å². The molecule has 3 fully saturated rings. The van der Waals surface area contributed by atoms with Gasteiger partial charge >= 0.3 is 0 Å². The van der Waals surface area contributed by atoms with Crippen molar-refractivity contribution < 1.29 is 9.59 Å². The Morgan fingerprint density at radius 1 is 0.967 bits per heavy atom. The minimum atomic E-state index is -0.333. The van der Waals surface area contributed by atoms with Gasteiger partial charge < -0.3 is 11.5 Å². The molecule has 0 saturated carbocycles. The van der Waals surface area contributed by atoms with Crippen molar-refractivity contribution in [3.8, 4) is 0 Å². The van der Waals surface area contributed by atoms with Gasteiger partial charge in [-0.25, -0.2) is 4.99 Å². The molecular formula is C23H25N5O2. The minimum Gasteiger partial charge on any atom is -0.370 e. The molecule has 4 unspecified atom stereocenters. The molecule has 7 heteroatoms. The quantitative estimate of drug-likeness (QED) is 0.461. The maximum atomic E-state index is 13.5. The summed E-state index contributed by atoms with van der Waals surface area (Å²) in [5.41, 5.74) is 13.6. The molecule has 2 amide bonds. The highest BCUT2D eigenvalue weighted by Crippen LogP contribution is 2.53. The maximum Gasteiger partial charge on any atom is 0.235 e. The third kappa shape index (κ3) is 2.97. The van der Waals surface area contributed by atoms with Gasteiger partial charge in [0, 0.05) is 12.1 Å². The van der Waals surface area contributed by atoms with E-state index in [2.05, 4.69) is 9.89 Å². The zero-order valence-electron chi connectivity index (χ0n) is 16.6. The van der Waals surface area contributed by atoms with Gasteiger partial charge in [0.15, 0.2) is 5.96 Å². The molecule has 30 heavy (non-hydrogen) atoms. The Morgan fingerprint density at radius 3 is 2.37 bits per heavy atom. The second kappa shape index (κ2) is 7.25. The van der Waals surface area contributed by atoms with Gasteiger partial charge in [-0.15, -0.1) is 0 Å². The molecule has 7 nitrogen and oxygen atoms in total. The number of fused-ring (bicyclic) bond motifs is 3. The number of aliphatic imine (C=N–C) groups is 1. The lowest BCUT2D eigenvalue weighted by molar-refractivity contribution is -0.142. The molecule has 0 aromatic heterocycles. The van der Waals surface area contributed by atoms with Crippen LogP contribution in [0.3, 0.4) is 0 Å². The Morgan fingerprint density at radius 2 is 1.67 bits per heavy atom. The predicted molar refractivity (Wildman–Crippen MR) is 113 cm³/mol. The van der Waals surface area contributed by atoms with Gasteiger partial charge in [-0.3, -0.25) is 19.4 Å². The minimum absolute atomic E-state index is 0.0106. The van der Waals surface area contributed by atoms with Gasteiger partial charge in [0.25, 0.3) is 0 Å². The topological polar surface area (TPSA) is 105 Å². The van der Waals surface area contributed by atoms with E-state index in [1.807, 2.05) is 54.6 Å². The van der Waals surface area contributed by atoms with Gasteiger partial charge in [-0.05, 0) is 42.6 Å². The molecule has 3 saturated heterocycles. The predicted octanol–water partition coefficient (Wildman–Crippen LogP) is 1.91. The van der Waals surface area contributed by atoms with Crippen LogP contribution in [0.15, 0.2) is 59.6 Å². The lowest BCUT2D eigenvalue weighted by Crippen LogP contribution is -2.38. The summed E-state index contributed by atoms with van der Waals surface area (Å²) in [7, 11) is 0. The van der Waals surface area contributed by atoms with Crippen LogP contribution in [0.5, 0.6) is 0 Å². The Bertz CT molecular complexity index is 1000. The molecule has 3 aliphatic heterocycles. The number of hydrogen-bond acceptors (Lipinski definition) is 4. The second-order valence-corrected chi connectivity index (χ2v) is 8.32. The number of rotatable bonds is 4. The fourth-order valence-corrected chi connectivity index (χ4v) is 5.48. The van der Waals surface area contributed by atoms with Crippen molar-refractivity contribution in [1.29, 1.82) is 0 Å². The molecule has 3 aliphatic rings. The van der Waals surface area contributed by atoms with E-state index in [0.717, 1.165) is 30.5 Å². The average Bonchev–Trinajstić information content (AvgIpc) is 3.38. The van der Waals surface area contributed by atoms with Crippen molar-refractivity contribution in [3.05, 3.63) is 65.7 Å². The fourth-order valence-electron chi connectivity index (χ4n) is 5.48. The van der Waals surface area contributed by atoms with Crippen LogP contribution in [0.1, 0.15) is 30.0 Å². The monoisotopic (exact) mass is 403 g/mol. The molecule has 0 spiro atoms. The smallest absolute Gasteiger partial charge is 0.235 e. The highest BCUT2D eigenvalue weighted by Gasteiger charge is 2.62. The molecule has 154 valence electrons. The van der Waals surface area contributed by atoms with Crippen molar-refractivity contribution in [1.82, 2.24) is 9.80 Å². The number of guanidine groups is 1. The van der Waals surface area contributed by atoms with E-state index in [1.165, 1.54) is 4.90 Å². The first-order chi connectivity index (χ1) is 14.5. The number of nitrogens with two attached hydrogens (primary N) is 2. The molecule has 2 aromatic carbocycles. The van der Waals surface area contributed by atoms with E-state index in [9.17, 15) is 9.59 Å². The number of imide groups is 1. The van der Waals surface area contributed by atoms with Gasteiger partial charge in [-0.2, -0.15) is 0 Å². The molecule has 2 aromatic rings. The van der Waals surface area contributed by atoms with Crippen molar-refractivity contribution in [3.63, 3.8) is 0 Å². The van der Waals surface area contributed by atoms with Gasteiger partial charge in [0.1, 0.15) is 0 Å². The van der Waals surface area contributed by atoms with Crippen LogP contribution in [-0.2, 0) is 16.1 Å². The van der Waals surface area contributed by atoms with Gasteiger partial charge in [0.2, 0.25) is 11.8 Å². The number of nitrogens with zero attached hydrogens (tertiary/aromatic N) is 3. The van der Waals surface area contributed by atoms with E-state index in [-0.39, 0.29) is 41.7 Å². The van der Waals surface area contributed by atoms with Crippen LogP contribution in [0, 0.1) is 11.8 Å². The third-order valence-corrected chi connectivity index (χ3v) is 6.62. The number of carbonyl (C=O) groups excluding carboxylic acids is 2. The number of benzene rings is 2. The van der Waals surface area contributed by atoms with Crippen molar-refractivity contribution in [2.24, 2.45) is 28.3 Å². The number of carbonyl (C=O) groups is 2. The summed E-state index contributed by atoms with van der Waals surface area (Å²) in [6.45, 7) is 1.26. The highest BCUT2D eigenvalue weighted by molar-refractivity contribution is 6.06. The van der Waals surface area contributed by atoms with E-state index >= 15 is 0 Å². The first-order valence-corrected chi connectivity index (χ1v) is 10.4. The van der Waals surface area contributed by atoms with Gasteiger partial charge in [0.05, 0.1) is 24.1 Å². The van der Waals surface area contributed by atoms with Gasteiger partial charge in [-0.1, -0.05) is 42.5 Å². The Hall–Kier alpha value is -3.19. The van der Waals surface area contributed by atoms with Crippen LogP contribution in [-0.4, -0.2) is 40.2 Å². The second-order valence-electron chi connectivity index (χ2n) is 8.32. The lowest BCUT2D eigenvalue weighted by Gasteiger charge is -2.29. The highest BCUT2D eigenvalue weighted by atomic mass is 16.2. The summed E-state index contributed by atoms with van der Waals surface area (Å²) in [5.74, 6) is -0.658. The molecule has 5 rings (SSSR count). The Balaban J connectivity index is 1.48. The zero-order chi connectivity index (χ0) is 20.8. The molecule has 4 atom stereocenters. The summed E-state index contributed by atoms with van der Waals surface area (Å²) in [4.78, 5) is 34.7. The van der Waals surface area contributed by atoms with E-state index in [0.29, 0.717) is 12.2 Å². The Labute approximate surface area is 175 Å². The van der Waals surface area contributed by atoms with Crippen LogP contribution in [0.4, 0.5) is 5.69 Å². The maximum absolute atomic E-state index is 13.5. The zero-order valence-corrected chi connectivity index (χ0v) is 16.6. The molecular weight excluding hydrogens is 378 g/mol. The summed E-state index contributed by atoms with van der Waals surface area (Å²) in [6.07, 6.45) is 2.01. The van der Waals surface area contributed by atoms with Crippen LogP contribution < -0.4 is 11.5 Å². The van der Waals surface area contributed by atoms with E-state index in [1.54, 1.807) is 0 Å². The van der Waals surface area contributed by atoms with Crippen LogP contribution in [0.2, 0.25) is 0 Å². The Kier molecular flexibility index (Phi) is 4.55. The summed E-state index contributed by atoms with van der Waals surface area (Å²) in [6, 6.07) is 17.4. The largest absolute Gasteiger partial charge is 0.370 e. The summed E-state index contributed by atoms with van der Waals surface area (Å²) in [5, 5.41) is 0. The summed E-state index contributed by atoms with van der Waals surface area (Å²) >= 11 is 0. The molecule has 0 aliphatic carbocycles. The number of amides is 2. The molecule has 3 heterocycles. The normalized spacial score (nSPS) is 27.9. The van der Waals surface area contributed by atoms with Crippen molar-refractivity contribution in [2.75, 3.05) is 6.54 Å².